The second kappa shape index (κ2) is 7.67. The quantitative estimate of drug-likeness (QED) is 0.462. The number of benzene rings is 2. The molecule has 0 amide bonds. The Bertz CT molecular complexity index is 1350. The summed E-state index contributed by atoms with van der Waals surface area (Å²) in [4.78, 5) is 4.52. The molecule has 1 unspecified atom stereocenters. The summed E-state index contributed by atoms with van der Waals surface area (Å²) in [6.07, 6.45) is 2.25. The third-order valence-corrected chi connectivity index (χ3v) is 6.98. The summed E-state index contributed by atoms with van der Waals surface area (Å²) in [6, 6.07) is 15.8. The van der Waals surface area contributed by atoms with Gasteiger partial charge in [0.25, 0.3) is 0 Å². The lowest BCUT2D eigenvalue weighted by Gasteiger charge is -2.24. The minimum Gasteiger partial charge on any atom is -0.396 e. The van der Waals surface area contributed by atoms with Crippen molar-refractivity contribution in [3.8, 4) is 11.3 Å². The molecule has 170 valence electrons. The van der Waals surface area contributed by atoms with Crippen molar-refractivity contribution in [2.24, 2.45) is 5.92 Å². The topological polar surface area (TPSA) is 80.9 Å². The van der Waals surface area contributed by atoms with Crippen LogP contribution in [0.1, 0.15) is 20.3 Å². The maximum absolute atomic E-state index is 9.87. The molecule has 1 aliphatic heterocycles. The van der Waals surface area contributed by atoms with E-state index in [1.807, 2.05) is 60.8 Å². The van der Waals surface area contributed by atoms with E-state index in [9.17, 15) is 5.11 Å². The number of aliphatic hydroxyl groups excluding tert-OH is 1. The highest BCUT2D eigenvalue weighted by Crippen LogP contribution is 2.42. The van der Waals surface area contributed by atoms with E-state index in [4.69, 9.17) is 26.2 Å². The van der Waals surface area contributed by atoms with Crippen LogP contribution in [0.2, 0.25) is 5.02 Å². The van der Waals surface area contributed by atoms with Gasteiger partial charge in [-0.1, -0.05) is 41.9 Å². The zero-order valence-electron chi connectivity index (χ0n) is 18.4. The molecule has 2 aromatic carbocycles. The third-order valence-electron chi connectivity index (χ3n) is 6.65. The zero-order chi connectivity index (χ0) is 22.7. The van der Waals surface area contributed by atoms with Gasteiger partial charge in [0.05, 0.1) is 17.8 Å². The van der Waals surface area contributed by atoms with E-state index in [1.54, 1.807) is 6.20 Å². The molecule has 2 N–H and O–H groups in total. The number of halogens is 1. The van der Waals surface area contributed by atoms with Gasteiger partial charge in [0.1, 0.15) is 11.9 Å². The predicted molar refractivity (Wildman–Crippen MR) is 127 cm³/mol. The van der Waals surface area contributed by atoms with Gasteiger partial charge in [0.15, 0.2) is 11.4 Å². The third kappa shape index (κ3) is 3.47. The Kier molecular flexibility index (Phi) is 4.85. The summed E-state index contributed by atoms with van der Waals surface area (Å²) in [5.74, 6) is 0.186. The Morgan fingerprint density at radius 1 is 1.12 bits per heavy atom. The van der Waals surface area contributed by atoms with E-state index in [-0.39, 0.29) is 30.8 Å². The fourth-order valence-corrected chi connectivity index (χ4v) is 5.45. The number of fused-ring (bicyclic) bond motifs is 3. The molecule has 7 nitrogen and oxygen atoms in total. The Morgan fingerprint density at radius 3 is 2.73 bits per heavy atom. The molecule has 33 heavy (non-hydrogen) atoms. The standard InChI is InChI=1S/C25H25ClN4O3/c1-25(2)32-23-14(13-31)11-20(24(23)33-25)28-21-9-10-27-22-12-19(29-30(21)22)17-7-8-18(26)16-6-4-3-5-15(16)17/h3-10,12,14,20,23-24,28,31H,11,13H2,1-2H3/t14-,20?,23-,24+/m1/s1. The number of hydrogen-bond donors (Lipinski definition) is 2. The van der Waals surface area contributed by atoms with Crippen LogP contribution in [0.25, 0.3) is 27.7 Å². The summed E-state index contributed by atoms with van der Waals surface area (Å²) in [5.41, 5.74) is 2.57. The number of ether oxygens (including phenoxy) is 2. The first kappa shape index (κ1) is 20.9. The molecule has 4 aromatic rings. The van der Waals surface area contributed by atoms with Gasteiger partial charge in [0.2, 0.25) is 0 Å². The van der Waals surface area contributed by atoms with E-state index in [1.165, 1.54) is 0 Å². The van der Waals surface area contributed by atoms with Crippen molar-refractivity contribution in [3.63, 3.8) is 0 Å². The van der Waals surface area contributed by atoms with Crippen LogP contribution in [0.4, 0.5) is 5.82 Å². The Labute approximate surface area is 196 Å². The molecule has 1 aliphatic carbocycles. The normalized spacial score (nSPS) is 26.2. The molecule has 0 bridgehead atoms. The number of anilines is 1. The Hall–Kier alpha value is -2.71. The number of rotatable bonds is 4. The van der Waals surface area contributed by atoms with Crippen molar-refractivity contribution >= 4 is 33.8 Å². The van der Waals surface area contributed by atoms with Gasteiger partial charge < -0.3 is 19.9 Å². The average Bonchev–Trinajstić information content (AvgIpc) is 3.46. The maximum atomic E-state index is 9.87. The predicted octanol–water partition coefficient (Wildman–Crippen LogP) is 4.52. The van der Waals surface area contributed by atoms with E-state index >= 15 is 0 Å². The smallest absolute Gasteiger partial charge is 0.163 e. The van der Waals surface area contributed by atoms with Gasteiger partial charge in [0, 0.05) is 40.8 Å². The molecule has 0 spiro atoms. The summed E-state index contributed by atoms with van der Waals surface area (Å²) in [5, 5.41) is 21.1. The van der Waals surface area contributed by atoms with Crippen molar-refractivity contribution in [2.75, 3.05) is 11.9 Å². The van der Waals surface area contributed by atoms with Crippen LogP contribution in [0.5, 0.6) is 0 Å². The Morgan fingerprint density at radius 2 is 1.91 bits per heavy atom. The summed E-state index contributed by atoms with van der Waals surface area (Å²) < 4.78 is 14.1. The van der Waals surface area contributed by atoms with Gasteiger partial charge in [-0.2, -0.15) is 9.61 Å². The van der Waals surface area contributed by atoms with Crippen molar-refractivity contribution in [3.05, 3.63) is 59.8 Å². The fourth-order valence-electron chi connectivity index (χ4n) is 5.22. The van der Waals surface area contributed by atoms with Crippen molar-refractivity contribution in [1.82, 2.24) is 14.6 Å². The molecule has 1 saturated heterocycles. The monoisotopic (exact) mass is 464 g/mol. The maximum Gasteiger partial charge on any atom is 0.163 e. The highest BCUT2D eigenvalue weighted by Gasteiger charge is 2.53. The van der Waals surface area contributed by atoms with Gasteiger partial charge in [-0.15, -0.1) is 0 Å². The van der Waals surface area contributed by atoms with Gasteiger partial charge in [-0.3, -0.25) is 0 Å². The zero-order valence-corrected chi connectivity index (χ0v) is 19.2. The molecule has 0 radical (unpaired) electrons. The minimum atomic E-state index is -0.662. The highest BCUT2D eigenvalue weighted by atomic mass is 35.5. The first-order valence-electron chi connectivity index (χ1n) is 11.2. The van der Waals surface area contributed by atoms with Crippen LogP contribution >= 0.6 is 11.6 Å². The average molecular weight is 465 g/mol. The largest absolute Gasteiger partial charge is 0.396 e. The van der Waals surface area contributed by atoms with Crippen LogP contribution in [-0.2, 0) is 9.47 Å². The molecule has 1 saturated carbocycles. The van der Waals surface area contributed by atoms with E-state index < -0.39 is 5.79 Å². The first-order valence-corrected chi connectivity index (χ1v) is 11.6. The highest BCUT2D eigenvalue weighted by molar-refractivity contribution is 6.36. The van der Waals surface area contributed by atoms with Gasteiger partial charge in [-0.05, 0) is 37.8 Å². The van der Waals surface area contributed by atoms with E-state index in [2.05, 4.69) is 16.4 Å². The van der Waals surface area contributed by atoms with Gasteiger partial charge >= 0.3 is 0 Å². The molecule has 8 heteroatoms. The van der Waals surface area contributed by atoms with Crippen molar-refractivity contribution in [2.45, 2.75) is 44.3 Å². The summed E-state index contributed by atoms with van der Waals surface area (Å²) in [6.45, 7) is 3.90. The first-order chi connectivity index (χ1) is 15.9. The number of aromatic nitrogens is 3. The molecule has 2 fully saturated rings. The van der Waals surface area contributed by atoms with Gasteiger partial charge in [-0.25, -0.2) is 4.98 Å². The minimum absolute atomic E-state index is 0.0106. The van der Waals surface area contributed by atoms with Crippen LogP contribution < -0.4 is 5.32 Å². The Balaban J connectivity index is 1.38. The molecule has 3 heterocycles. The van der Waals surface area contributed by atoms with E-state index in [0.717, 1.165) is 44.9 Å². The summed E-state index contributed by atoms with van der Waals surface area (Å²) in [7, 11) is 0. The van der Waals surface area contributed by atoms with Crippen molar-refractivity contribution in [1.29, 1.82) is 0 Å². The number of nitrogens with one attached hydrogen (secondary N) is 1. The van der Waals surface area contributed by atoms with Crippen molar-refractivity contribution < 1.29 is 14.6 Å². The number of hydrogen-bond acceptors (Lipinski definition) is 6. The second-order valence-electron chi connectivity index (χ2n) is 9.26. The fraction of sp³-hybridized carbons (Fsp3) is 0.360. The number of nitrogens with zero attached hydrogens (tertiary/aromatic N) is 3. The molecule has 2 aliphatic rings. The molecular formula is C25H25ClN4O3. The van der Waals surface area contributed by atoms with Crippen LogP contribution in [-0.4, -0.2) is 50.3 Å². The molecule has 2 aromatic heterocycles. The van der Waals surface area contributed by atoms with Crippen LogP contribution in [0.3, 0.4) is 0 Å². The molecule has 6 rings (SSSR count). The van der Waals surface area contributed by atoms with E-state index in [0.29, 0.717) is 0 Å². The lowest BCUT2D eigenvalue weighted by Crippen LogP contribution is -2.35. The van der Waals surface area contributed by atoms with Crippen LogP contribution in [0, 0.1) is 5.92 Å². The molecule has 4 atom stereocenters. The summed E-state index contributed by atoms with van der Waals surface area (Å²) >= 11 is 6.42. The SMILES string of the molecule is CC1(C)O[C@@H]2[C@@H](CO)CC(Nc3ccnc4cc(-c5ccc(Cl)c6ccccc56)nn34)[C@@H]2O1. The molecular weight excluding hydrogens is 440 g/mol. The number of aliphatic hydroxyl groups is 1. The lowest BCUT2D eigenvalue weighted by atomic mass is 10.0. The second-order valence-corrected chi connectivity index (χ2v) is 9.67. The van der Waals surface area contributed by atoms with Crippen LogP contribution in [0.15, 0.2) is 54.7 Å². The lowest BCUT2D eigenvalue weighted by molar-refractivity contribution is -0.158.